The summed E-state index contributed by atoms with van der Waals surface area (Å²) in [6.07, 6.45) is 1.86. The summed E-state index contributed by atoms with van der Waals surface area (Å²) in [6.45, 7) is 1.87. The third kappa shape index (κ3) is 9.23. The molecule has 1 N–H and O–H groups in total. The van der Waals surface area contributed by atoms with E-state index in [-0.39, 0.29) is 34.5 Å². The third-order valence-electron chi connectivity index (χ3n) is 7.16. The minimum absolute atomic E-state index is 0.0220. The van der Waals surface area contributed by atoms with Gasteiger partial charge in [0.2, 0.25) is 11.8 Å². The van der Waals surface area contributed by atoms with Gasteiger partial charge in [-0.3, -0.25) is 13.9 Å². The molecule has 0 saturated carbocycles. The lowest BCUT2D eigenvalue weighted by Gasteiger charge is -2.34. The highest BCUT2D eigenvalue weighted by atomic mass is 35.5. The monoisotopic (exact) mass is 685 g/mol. The molecule has 45 heavy (non-hydrogen) atoms. The first-order chi connectivity index (χ1) is 21.6. The van der Waals surface area contributed by atoms with Crippen LogP contribution in [0.15, 0.2) is 108 Å². The van der Waals surface area contributed by atoms with Crippen molar-refractivity contribution in [3.63, 3.8) is 0 Å². The molecule has 0 aliphatic rings. The number of anilines is 1. The highest BCUT2D eigenvalue weighted by Gasteiger charge is 2.35. The summed E-state index contributed by atoms with van der Waals surface area (Å²) in [5, 5.41) is 3.85. The first-order valence-electron chi connectivity index (χ1n) is 14.5. The highest BCUT2D eigenvalue weighted by molar-refractivity contribution is 7.92. The SMILES string of the molecule is CCCCNC(=O)C(Cc1ccccc1)N(Cc1ccc(Cl)cc1)C(=O)CN(c1ccc(Cl)cc1Cl)S(=O)(=O)c1ccccc1. The van der Waals surface area contributed by atoms with Crippen molar-refractivity contribution < 1.29 is 18.0 Å². The van der Waals surface area contributed by atoms with Crippen molar-refractivity contribution in [2.24, 2.45) is 0 Å². The van der Waals surface area contributed by atoms with Gasteiger partial charge in [0.05, 0.1) is 15.6 Å². The van der Waals surface area contributed by atoms with Crippen LogP contribution in [0.1, 0.15) is 30.9 Å². The van der Waals surface area contributed by atoms with Gasteiger partial charge in [0.15, 0.2) is 0 Å². The van der Waals surface area contributed by atoms with Gasteiger partial charge < -0.3 is 10.2 Å². The van der Waals surface area contributed by atoms with Gasteiger partial charge in [-0.15, -0.1) is 0 Å². The van der Waals surface area contributed by atoms with Crippen LogP contribution in [0.5, 0.6) is 0 Å². The van der Waals surface area contributed by atoms with E-state index in [1.807, 2.05) is 37.3 Å². The average Bonchev–Trinajstić information content (AvgIpc) is 3.03. The van der Waals surface area contributed by atoms with E-state index >= 15 is 0 Å². The molecule has 0 fully saturated rings. The summed E-state index contributed by atoms with van der Waals surface area (Å²) < 4.78 is 29.1. The Morgan fingerprint density at radius 3 is 2.04 bits per heavy atom. The lowest BCUT2D eigenvalue weighted by Crippen LogP contribution is -2.53. The summed E-state index contributed by atoms with van der Waals surface area (Å²) in [7, 11) is -4.28. The molecule has 0 spiro atoms. The Balaban J connectivity index is 1.80. The number of sulfonamides is 1. The fourth-order valence-corrected chi connectivity index (χ4v) is 6.90. The lowest BCUT2D eigenvalue weighted by molar-refractivity contribution is -0.140. The quantitative estimate of drug-likeness (QED) is 0.140. The number of halogens is 3. The normalized spacial score (nSPS) is 11.9. The predicted molar refractivity (Wildman–Crippen MR) is 181 cm³/mol. The van der Waals surface area contributed by atoms with Crippen LogP contribution in [0, 0.1) is 0 Å². The predicted octanol–water partition coefficient (Wildman–Crippen LogP) is 7.40. The Kier molecular flexibility index (Phi) is 12.3. The number of rotatable bonds is 14. The van der Waals surface area contributed by atoms with Crippen molar-refractivity contribution in [3.8, 4) is 0 Å². The van der Waals surface area contributed by atoms with Gasteiger partial charge >= 0.3 is 0 Å². The number of hydrogen-bond donors (Lipinski definition) is 1. The molecule has 4 aromatic rings. The first kappa shape index (κ1) is 34.3. The van der Waals surface area contributed by atoms with Gasteiger partial charge in [-0.05, 0) is 60.0 Å². The second-order valence-corrected chi connectivity index (χ2v) is 13.6. The molecule has 1 unspecified atom stereocenters. The van der Waals surface area contributed by atoms with Crippen LogP contribution >= 0.6 is 34.8 Å². The molecule has 7 nitrogen and oxygen atoms in total. The fourth-order valence-electron chi connectivity index (χ4n) is 4.76. The Bertz CT molecular complexity index is 1690. The van der Waals surface area contributed by atoms with Crippen LogP contribution in [-0.4, -0.2) is 44.3 Å². The molecular weight excluding hydrogens is 653 g/mol. The summed E-state index contributed by atoms with van der Waals surface area (Å²) in [5.74, 6) is -0.932. The number of hydrogen-bond acceptors (Lipinski definition) is 4. The number of nitrogens with one attached hydrogen (secondary N) is 1. The van der Waals surface area contributed by atoms with Gasteiger partial charge in [0.1, 0.15) is 12.6 Å². The smallest absolute Gasteiger partial charge is 0.264 e. The van der Waals surface area contributed by atoms with Crippen molar-refractivity contribution in [2.75, 3.05) is 17.4 Å². The number of unbranched alkanes of at least 4 members (excludes halogenated alkanes) is 1. The van der Waals surface area contributed by atoms with Crippen LogP contribution in [0.25, 0.3) is 0 Å². The Morgan fingerprint density at radius 2 is 1.42 bits per heavy atom. The van der Waals surface area contributed by atoms with Gasteiger partial charge in [0, 0.05) is 29.6 Å². The molecule has 0 aliphatic heterocycles. The van der Waals surface area contributed by atoms with E-state index in [9.17, 15) is 18.0 Å². The third-order valence-corrected chi connectivity index (χ3v) is 9.72. The number of carbonyl (C=O) groups excluding carboxylic acids is 2. The molecule has 0 aliphatic carbocycles. The average molecular weight is 687 g/mol. The number of nitrogens with zero attached hydrogens (tertiary/aromatic N) is 2. The van der Waals surface area contributed by atoms with Gasteiger partial charge in [-0.2, -0.15) is 0 Å². The van der Waals surface area contributed by atoms with E-state index in [0.717, 1.165) is 22.7 Å². The minimum atomic E-state index is -4.28. The number of amides is 2. The number of benzene rings is 4. The second-order valence-electron chi connectivity index (χ2n) is 10.4. The van der Waals surface area contributed by atoms with Crippen LogP contribution in [-0.2, 0) is 32.6 Å². The molecule has 0 aromatic heterocycles. The second kappa shape index (κ2) is 16.1. The standard InChI is InChI=1S/C34H34Cl3N3O4S/c1-2-3-20-38-34(42)32(21-25-10-6-4-7-11-25)39(23-26-14-16-27(35)17-15-26)33(41)24-40(31-19-18-28(36)22-30(31)37)45(43,44)29-12-8-5-9-13-29/h4-19,22,32H,2-3,20-21,23-24H2,1H3,(H,38,42). The van der Waals surface area contributed by atoms with Crippen molar-refractivity contribution in [3.05, 3.63) is 129 Å². The summed E-state index contributed by atoms with van der Waals surface area (Å²) in [4.78, 5) is 29.7. The zero-order chi connectivity index (χ0) is 32.4. The summed E-state index contributed by atoms with van der Waals surface area (Å²) in [5.41, 5.74) is 1.64. The molecule has 0 bridgehead atoms. The maximum Gasteiger partial charge on any atom is 0.264 e. The van der Waals surface area contributed by atoms with Crippen LogP contribution in [0.3, 0.4) is 0 Å². The number of carbonyl (C=O) groups is 2. The minimum Gasteiger partial charge on any atom is -0.354 e. The molecule has 4 aromatic carbocycles. The van der Waals surface area contributed by atoms with Crippen molar-refractivity contribution in [2.45, 2.75) is 43.7 Å². The van der Waals surface area contributed by atoms with Gasteiger partial charge in [-0.25, -0.2) is 8.42 Å². The lowest BCUT2D eigenvalue weighted by atomic mass is 10.0. The molecular formula is C34H34Cl3N3O4S. The molecule has 1 atom stereocenters. The van der Waals surface area contributed by atoms with E-state index in [1.165, 1.54) is 35.2 Å². The molecule has 0 radical (unpaired) electrons. The molecule has 2 amide bonds. The molecule has 11 heteroatoms. The van der Waals surface area contributed by atoms with Gasteiger partial charge in [-0.1, -0.05) is 109 Å². The van der Waals surface area contributed by atoms with Crippen LogP contribution < -0.4 is 9.62 Å². The molecule has 0 heterocycles. The molecule has 4 rings (SSSR count). The summed E-state index contributed by atoms with van der Waals surface area (Å²) in [6, 6.07) is 27.5. The van der Waals surface area contributed by atoms with E-state index in [0.29, 0.717) is 22.2 Å². The van der Waals surface area contributed by atoms with E-state index in [4.69, 9.17) is 34.8 Å². The zero-order valence-electron chi connectivity index (χ0n) is 24.7. The van der Waals surface area contributed by atoms with Crippen LogP contribution in [0.2, 0.25) is 15.1 Å². The fraction of sp³-hybridized carbons (Fsp3) is 0.235. The largest absolute Gasteiger partial charge is 0.354 e. The maximum atomic E-state index is 14.5. The maximum absolute atomic E-state index is 14.5. The molecule has 0 saturated heterocycles. The van der Waals surface area contributed by atoms with Crippen molar-refractivity contribution in [1.82, 2.24) is 10.2 Å². The zero-order valence-corrected chi connectivity index (χ0v) is 27.8. The van der Waals surface area contributed by atoms with Gasteiger partial charge in [0.25, 0.3) is 10.0 Å². The van der Waals surface area contributed by atoms with Crippen molar-refractivity contribution in [1.29, 1.82) is 0 Å². The van der Waals surface area contributed by atoms with E-state index in [1.54, 1.807) is 42.5 Å². The Labute approximate surface area is 279 Å². The topological polar surface area (TPSA) is 86.8 Å². The van der Waals surface area contributed by atoms with E-state index in [2.05, 4.69) is 5.32 Å². The Morgan fingerprint density at radius 1 is 0.800 bits per heavy atom. The highest BCUT2D eigenvalue weighted by Crippen LogP contribution is 2.33. The van der Waals surface area contributed by atoms with E-state index < -0.39 is 28.5 Å². The first-order valence-corrected chi connectivity index (χ1v) is 17.1. The molecule has 236 valence electrons. The van der Waals surface area contributed by atoms with Crippen molar-refractivity contribution >= 4 is 62.3 Å². The Hall–Kier alpha value is -3.56. The van der Waals surface area contributed by atoms with Crippen LogP contribution in [0.4, 0.5) is 5.69 Å². The summed E-state index contributed by atoms with van der Waals surface area (Å²) >= 11 is 18.8.